The average molecular weight is 300 g/mol. The number of unbranched alkanes of at least 4 members (excludes halogenated alkanes) is 1. The molecule has 1 aliphatic carbocycles. The summed E-state index contributed by atoms with van der Waals surface area (Å²) in [4.78, 5) is 28.7. The summed E-state index contributed by atoms with van der Waals surface area (Å²) in [7, 11) is 1.85. The minimum atomic E-state index is -0.109. The van der Waals surface area contributed by atoms with Crippen LogP contribution in [0.3, 0.4) is 0 Å². The van der Waals surface area contributed by atoms with Crippen molar-refractivity contribution >= 4 is 17.5 Å². The molecule has 22 heavy (non-hydrogen) atoms. The van der Waals surface area contributed by atoms with E-state index >= 15 is 0 Å². The van der Waals surface area contributed by atoms with Crippen molar-refractivity contribution in [2.75, 3.05) is 25.0 Å². The van der Waals surface area contributed by atoms with Crippen LogP contribution in [-0.2, 0) is 16.0 Å². The summed E-state index contributed by atoms with van der Waals surface area (Å²) in [6.45, 7) is 3.66. The molecule has 1 aromatic carbocycles. The molecule has 0 aromatic heterocycles. The molecule has 0 spiro atoms. The lowest BCUT2D eigenvalue weighted by Gasteiger charge is -2.19. The van der Waals surface area contributed by atoms with Crippen molar-refractivity contribution in [2.24, 2.45) is 11.8 Å². The lowest BCUT2D eigenvalue weighted by atomic mass is 10.2. The van der Waals surface area contributed by atoms with Gasteiger partial charge in [0.15, 0.2) is 0 Å². The molecule has 2 atom stereocenters. The Labute approximate surface area is 132 Å². The van der Waals surface area contributed by atoms with E-state index in [1.165, 1.54) is 5.56 Å². The number of amides is 2. The van der Waals surface area contributed by atoms with Gasteiger partial charge in [0.25, 0.3) is 0 Å². The molecule has 0 bridgehead atoms. The second-order valence-corrected chi connectivity index (χ2v) is 6.43. The summed E-state index contributed by atoms with van der Waals surface area (Å²) >= 11 is 0. The van der Waals surface area contributed by atoms with Crippen molar-refractivity contribution in [3.8, 4) is 0 Å². The summed E-state index contributed by atoms with van der Waals surface area (Å²) in [6, 6.07) is 8.07. The fraction of sp³-hybridized carbons (Fsp3) is 0.556. The molecular weight excluding hydrogens is 276 g/mol. The monoisotopic (exact) mass is 300 g/mol. The van der Waals surface area contributed by atoms with Gasteiger partial charge < -0.3 is 9.80 Å². The van der Waals surface area contributed by atoms with E-state index in [1.54, 1.807) is 4.90 Å². The largest absolute Gasteiger partial charge is 0.346 e. The third-order valence-corrected chi connectivity index (χ3v) is 4.80. The maximum atomic E-state index is 12.7. The third kappa shape index (κ3) is 2.74. The Morgan fingerprint density at radius 3 is 2.82 bits per heavy atom. The van der Waals surface area contributed by atoms with Gasteiger partial charge in [-0.05, 0) is 30.9 Å². The van der Waals surface area contributed by atoms with Crippen LogP contribution in [0.1, 0.15) is 31.7 Å². The highest BCUT2D eigenvalue weighted by Gasteiger charge is 2.51. The molecule has 3 rings (SSSR count). The highest BCUT2D eigenvalue weighted by Crippen LogP contribution is 2.43. The molecule has 0 radical (unpaired) electrons. The van der Waals surface area contributed by atoms with Gasteiger partial charge in [-0.3, -0.25) is 9.59 Å². The number of hydrogen-bond acceptors (Lipinski definition) is 2. The number of carbonyl (C=O) groups is 2. The van der Waals surface area contributed by atoms with Crippen LogP contribution in [0.5, 0.6) is 0 Å². The molecule has 0 saturated heterocycles. The quantitative estimate of drug-likeness (QED) is 0.838. The first-order valence-corrected chi connectivity index (χ1v) is 8.27. The van der Waals surface area contributed by atoms with Crippen LogP contribution >= 0.6 is 0 Å². The van der Waals surface area contributed by atoms with E-state index in [9.17, 15) is 9.59 Å². The van der Waals surface area contributed by atoms with Crippen LogP contribution in [0, 0.1) is 11.8 Å². The maximum Gasteiger partial charge on any atom is 0.230 e. The van der Waals surface area contributed by atoms with Crippen molar-refractivity contribution in [2.45, 2.75) is 32.6 Å². The zero-order valence-electron chi connectivity index (χ0n) is 13.4. The Bertz CT molecular complexity index is 584. The van der Waals surface area contributed by atoms with E-state index in [2.05, 4.69) is 13.0 Å². The smallest absolute Gasteiger partial charge is 0.230 e. The number of nitrogens with zero attached hydrogens (tertiary/aromatic N) is 2. The zero-order valence-corrected chi connectivity index (χ0v) is 13.4. The summed E-state index contributed by atoms with van der Waals surface area (Å²) in [5.41, 5.74) is 2.27. The van der Waals surface area contributed by atoms with E-state index in [1.807, 2.05) is 30.1 Å². The molecule has 118 valence electrons. The highest BCUT2D eigenvalue weighted by atomic mass is 16.2. The average Bonchev–Trinajstić information content (AvgIpc) is 3.23. The van der Waals surface area contributed by atoms with Gasteiger partial charge in [0.05, 0.1) is 11.8 Å². The van der Waals surface area contributed by atoms with E-state index in [4.69, 9.17) is 0 Å². The van der Waals surface area contributed by atoms with Crippen molar-refractivity contribution in [1.29, 1.82) is 0 Å². The van der Waals surface area contributed by atoms with Gasteiger partial charge in [-0.1, -0.05) is 31.5 Å². The molecule has 2 aliphatic rings. The van der Waals surface area contributed by atoms with Crippen molar-refractivity contribution < 1.29 is 9.59 Å². The van der Waals surface area contributed by atoms with Crippen LogP contribution in [0.15, 0.2) is 24.3 Å². The van der Waals surface area contributed by atoms with Gasteiger partial charge in [-0.15, -0.1) is 0 Å². The Balaban J connectivity index is 1.61. The van der Waals surface area contributed by atoms with Gasteiger partial charge in [0.2, 0.25) is 11.8 Å². The molecule has 4 nitrogen and oxygen atoms in total. The summed E-state index contributed by atoms with van der Waals surface area (Å²) in [6.07, 6.45) is 3.73. The Morgan fingerprint density at radius 1 is 1.27 bits per heavy atom. The first kappa shape index (κ1) is 15.1. The van der Waals surface area contributed by atoms with E-state index in [0.717, 1.165) is 38.0 Å². The van der Waals surface area contributed by atoms with Gasteiger partial charge in [0, 0.05) is 25.8 Å². The fourth-order valence-electron chi connectivity index (χ4n) is 3.30. The predicted molar refractivity (Wildman–Crippen MR) is 86.6 cm³/mol. The first-order valence-electron chi connectivity index (χ1n) is 8.27. The summed E-state index contributed by atoms with van der Waals surface area (Å²) in [5.74, 6) is 0.0660. The molecular formula is C18H24N2O2. The molecule has 1 saturated carbocycles. The van der Waals surface area contributed by atoms with Crippen LogP contribution in [0.2, 0.25) is 0 Å². The van der Waals surface area contributed by atoms with Gasteiger partial charge in [-0.2, -0.15) is 0 Å². The standard InChI is InChI=1S/C18H24N2O2/c1-3-4-10-19(2)17(21)14-12-15(14)18(22)20-11-9-13-7-5-6-8-16(13)20/h5-8,14-15H,3-4,9-12H2,1-2H3. The fourth-order valence-corrected chi connectivity index (χ4v) is 3.30. The molecule has 2 unspecified atom stereocenters. The molecule has 2 amide bonds. The summed E-state index contributed by atoms with van der Waals surface area (Å²) in [5, 5.41) is 0. The van der Waals surface area contributed by atoms with Gasteiger partial charge in [0.1, 0.15) is 0 Å². The third-order valence-electron chi connectivity index (χ3n) is 4.80. The Kier molecular flexibility index (Phi) is 4.19. The number of anilines is 1. The van der Waals surface area contributed by atoms with Crippen LogP contribution < -0.4 is 4.90 Å². The number of hydrogen-bond donors (Lipinski definition) is 0. The van der Waals surface area contributed by atoms with Crippen molar-refractivity contribution in [1.82, 2.24) is 4.90 Å². The minimum absolute atomic E-state index is 0.0953. The van der Waals surface area contributed by atoms with Crippen LogP contribution in [0.25, 0.3) is 0 Å². The lowest BCUT2D eigenvalue weighted by molar-refractivity contribution is -0.133. The number of benzene rings is 1. The minimum Gasteiger partial charge on any atom is -0.346 e. The zero-order chi connectivity index (χ0) is 15.7. The number of carbonyl (C=O) groups excluding carboxylic acids is 2. The van der Waals surface area contributed by atoms with E-state index in [-0.39, 0.29) is 23.7 Å². The van der Waals surface area contributed by atoms with Gasteiger partial charge >= 0.3 is 0 Å². The van der Waals surface area contributed by atoms with Crippen molar-refractivity contribution in [3.05, 3.63) is 29.8 Å². The second kappa shape index (κ2) is 6.11. The topological polar surface area (TPSA) is 40.6 Å². The molecule has 1 aromatic rings. The molecule has 1 fully saturated rings. The first-order chi connectivity index (χ1) is 10.6. The second-order valence-electron chi connectivity index (χ2n) is 6.43. The predicted octanol–water partition coefficient (Wildman–Crippen LogP) is 2.47. The Morgan fingerprint density at radius 2 is 2.05 bits per heavy atom. The van der Waals surface area contributed by atoms with E-state index in [0.29, 0.717) is 6.42 Å². The molecule has 0 N–H and O–H groups in total. The highest BCUT2D eigenvalue weighted by molar-refractivity contribution is 6.02. The van der Waals surface area contributed by atoms with Gasteiger partial charge in [-0.25, -0.2) is 0 Å². The van der Waals surface area contributed by atoms with Crippen molar-refractivity contribution in [3.63, 3.8) is 0 Å². The number of fused-ring (bicyclic) bond motifs is 1. The summed E-state index contributed by atoms with van der Waals surface area (Å²) < 4.78 is 0. The SMILES string of the molecule is CCCCN(C)C(=O)C1CC1C(=O)N1CCc2ccccc21. The Hall–Kier alpha value is -1.84. The lowest BCUT2D eigenvalue weighted by Crippen LogP contribution is -2.34. The molecule has 1 heterocycles. The number of rotatable bonds is 5. The van der Waals surface area contributed by atoms with E-state index < -0.39 is 0 Å². The molecule has 4 heteroatoms. The molecule has 1 aliphatic heterocycles. The maximum absolute atomic E-state index is 12.7. The normalized spacial score (nSPS) is 22.4. The number of para-hydroxylation sites is 1. The van der Waals surface area contributed by atoms with Crippen LogP contribution in [-0.4, -0.2) is 36.9 Å². The van der Waals surface area contributed by atoms with Crippen LogP contribution in [0.4, 0.5) is 5.69 Å².